The van der Waals surface area contributed by atoms with Crippen LogP contribution in [0.15, 0.2) is 48.5 Å². The van der Waals surface area contributed by atoms with Gasteiger partial charge in [-0.15, -0.1) is 0 Å². The zero-order chi connectivity index (χ0) is 20.1. The van der Waals surface area contributed by atoms with Crippen LogP contribution in [0.5, 0.6) is 5.75 Å². The number of esters is 1. The standard InChI is InChI=1S/C20H18N2O6/c1-26-19(23)15-7-8-18(17(9-15)22(24)25)28-20(13-21)10-16(11-20)27-12-14-5-3-2-4-6-14/h2-9,16H,10-12H2,1H3. The molecule has 0 heterocycles. The number of carbonyl (C=O) groups excluding carboxylic acids is 1. The van der Waals surface area contributed by atoms with E-state index in [1.807, 2.05) is 30.3 Å². The maximum Gasteiger partial charge on any atom is 0.338 e. The summed E-state index contributed by atoms with van der Waals surface area (Å²) >= 11 is 0. The molecule has 0 unspecified atom stereocenters. The smallest absolute Gasteiger partial charge is 0.338 e. The van der Waals surface area contributed by atoms with E-state index in [0.717, 1.165) is 11.6 Å². The van der Waals surface area contributed by atoms with E-state index in [-0.39, 0.29) is 17.4 Å². The number of nitro benzene ring substituents is 1. The molecular formula is C20H18N2O6. The van der Waals surface area contributed by atoms with Gasteiger partial charge in [0.15, 0.2) is 11.4 Å². The van der Waals surface area contributed by atoms with E-state index in [1.165, 1.54) is 19.2 Å². The molecule has 0 aliphatic heterocycles. The molecule has 28 heavy (non-hydrogen) atoms. The molecule has 0 N–H and O–H groups in total. The van der Waals surface area contributed by atoms with Crippen LogP contribution in [0.25, 0.3) is 0 Å². The van der Waals surface area contributed by atoms with Gasteiger partial charge in [-0.3, -0.25) is 10.1 Å². The molecule has 1 saturated carbocycles. The van der Waals surface area contributed by atoms with E-state index in [1.54, 1.807) is 0 Å². The number of nitriles is 1. The monoisotopic (exact) mass is 382 g/mol. The number of hydrogen-bond donors (Lipinski definition) is 0. The van der Waals surface area contributed by atoms with E-state index >= 15 is 0 Å². The second-order valence-electron chi connectivity index (χ2n) is 6.47. The summed E-state index contributed by atoms with van der Waals surface area (Å²) in [5, 5.41) is 20.9. The fraction of sp³-hybridized carbons (Fsp3) is 0.300. The lowest BCUT2D eigenvalue weighted by molar-refractivity contribution is -0.386. The zero-order valence-corrected chi connectivity index (χ0v) is 15.2. The first-order chi connectivity index (χ1) is 13.5. The highest BCUT2D eigenvalue weighted by atomic mass is 16.6. The van der Waals surface area contributed by atoms with Crippen LogP contribution >= 0.6 is 0 Å². The molecule has 1 aliphatic rings. The van der Waals surface area contributed by atoms with Crippen LogP contribution in [0.2, 0.25) is 0 Å². The molecule has 144 valence electrons. The molecule has 2 aromatic carbocycles. The summed E-state index contributed by atoms with van der Waals surface area (Å²) in [6, 6.07) is 15.5. The van der Waals surface area contributed by atoms with Gasteiger partial charge in [0.25, 0.3) is 0 Å². The number of carbonyl (C=O) groups is 1. The molecule has 0 aromatic heterocycles. The topological polar surface area (TPSA) is 112 Å². The first-order valence-electron chi connectivity index (χ1n) is 8.59. The number of methoxy groups -OCH3 is 1. The van der Waals surface area contributed by atoms with Gasteiger partial charge in [0, 0.05) is 18.9 Å². The Kier molecular flexibility index (Phi) is 5.57. The van der Waals surface area contributed by atoms with Gasteiger partial charge >= 0.3 is 11.7 Å². The summed E-state index contributed by atoms with van der Waals surface area (Å²) < 4.78 is 16.0. The predicted octanol–water partition coefficient (Wildman–Crippen LogP) is 3.40. The van der Waals surface area contributed by atoms with Crippen molar-refractivity contribution in [1.29, 1.82) is 5.26 Å². The fourth-order valence-electron chi connectivity index (χ4n) is 2.98. The molecule has 0 spiro atoms. The second kappa shape index (κ2) is 8.06. The van der Waals surface area contributed by atoms with Gasteiger partial charge in [-0.2, -0.15) is 5.26 Å². The minimum atomic E-state index is -1.20. The van der Waals surface area contributed by atoms with Crippen LogP contribution in [-0.4, -0.2) is 29.7 Å². The lowest BCUT2D eigenvalue weighted by atomic mass is 9.78. The molecule has 8 nitrogen and oxygen atoms in total. The highest BCUT2D eigenvalue weighted by Gasteiger charge is 2.49. The molecule has 0 saturated heterocycles. The molecule has 1 fully saturated rings. The Morgan fingerprint density at radius 3 is 2.61 bits per heavy atom. The van der Waals surface area contributed by atoms with Crippen molar-refractivity contribution in [2.75, 3.05) is 7.11 Å². The van der Waals surface area contributed by atoms with Gasteiger partial charge in [0.1, 0.15) is 6.07 Å². The van der Waals surface area contributed by atoms with E-state index in [9.17, 15) is 20.2 Å². The van der Waals surface area contributed by atoms with E-state index in [0.29, 0.717) is 19.4 Å². The van der Waals surface area contributed by atoms with Crippen molar-refractivity contribution >= 4 is 11.7 Å². The number of benzene rings is 2. The van der Waals surface area contributed by atoms with Crippen LogP contribution in [0.4, 0.5) is 5.69 Å². The average Bonchev–Trinajstić information content (AvgIpc) is 2.69. The van der Waals surface area contributed by atoms with Crippen molar-refractivity contribution in [3.63, 3.8) is 0 Å². The maximum atomic E-state index is 11.6. The first-order valence-corrected chi connectivity index (χ1v) is 8.59. The van der Waals surface area contributed by atoms with Crippen molar-refractivity contribution in [3.8, 4) is 11.8 Å². The Hall–Kier alpha value is -3.44. The number of nitrogens with zero attached hydrogens (tertiary/aromatic N) is 2. The van der Waals surface area contributed by atoms with Crippen molar-refractivity contribution in [3.05, 3.63) is 69.8 Å². The number of rotatable bonds is 7. The van der Waals surface area contributed by atoms with Crippen LogP contribution in [0.3, 0.4) is 0 Å². The first kappa shape index (κ1) is 19.3. The van der Waals surface area contributed by atoms with Gasteiger partial charge in [-0.05, 0) is 17.7 Å². The summed E-state index contributed by atoms with van der Waals surface area (Å²) in [5.41, 5.74) is -0.540. The molecule has 0 amide bonds. The Morgan fingerprint density at radius 1 is 1.29 bits per heavy atom. The van der Waals surface area contributed by atoms with Crippen LogP contribution < -0.4 is 4.74 Å². The van der Waals surface area contributed by atoms with E-state index < -0.39 is 22.2 Å². The SMILES string of the molecule is COC(=O)c1ccc(OC2(C#N)CC(OCc3ccccc3)C2)c([N+](=O)[O-])c1. The highest BCUT2D eigenvalue weighted by Crippen LogP contribution is 2.41. The third-order valence-electron chi connectivity index (χ3n) is 4.53. The maximum absolute atomic E-state index is 11.6. The molecule has 0 atom stereocenters. The summed E-state index contributed by atoms with van der Waals surface area (Å²) in [5.74, 6) is -0.761. The van der Waals surface area contributed by atoms with Crippen molar-refractivity contribution < 1.29 is 23.9 Å². The molecule has 0 bridgehead atoms. The van der Waals surface area contributed by atoms with E-state index in [4.69, 9.17) is 9.47 Å². The summed E-state index contributed by atoms with van der Waals surface area (Å²) in [4.78, 5) is 22.3. The minimum Gasteiger partial charge on any atom is -0.465 e. The minimum absolute atomic E-state index is 0.0326. The van der Waals surface area contributed by atoms with Crippen LogP contribution in [0, 0.1) is 21.4 Å². The largest absolute Gasteiger partial charge is 0.465 e. The number of nitro groups is 1. The predicted molar refractivity (Wildman–Crippen MR) is 97.7 cm³/mol. The Bertz CT molecular complexity index is 916. The summed E-state index contributed by atoms with van der Waals surface area (Å²) in [6.45, 7) is 0.418. The number of ether oxygens (including phenoxy) is 3. The van der Waals surface area contributed by atoms with Gasteiger partial charge in [0.05, 0.1) is 30.3 Å². The van der Waals surface area contributed by atoms with Gasteiger partial charge in [-0.25, -0.2) is 4.79 Å². The molecule has 2 aromatic rings. The third-order valence-corrected chi connectivity index (χ3v) is 4.53. The second-order valence-corrected chi connectivity index (χ2v) is 6.47. The Labute approximate surface area is 161 Å². The highest BCUT2D eigenvalue weighted by molar-refractivity contribution is 5.90. The molecule has 3 rings (SSSR count). The van der Waals surface area contributed by atoms with Crippen LogP contribution in [-0.2, 0) is 16.1 Å². The van der Waals surface area contributed by atoms with Crippen LogP contribution in [0.1, 0.15) is 28.8 Å². The van der Waals surface area contributed by atoms with Crippen molar-refractivity contribution in [2.24, 2.45) is 0 Å². The molecule has 0 radical (unpaired) electrons. The van der Waals surface area contributed by atoms with Gasteiger partial charge < -0.3 is 14.2 Å². The quantitative estimate of drug-likeness (QED) is 0.410. The van der Waals surface area contributed by atoms with Crippen molar-refractivity contribution in [1.82, 2.24) is 0 Å². The van der Waals surface area contributed by atoms with E-state index in [2.05, 4.69) is 10.8 Å². The van der Waals surface area contributed by atoms with Gasteiger partial charge in [0.2, 0.25) is 0 Å². The normalized spacial score (nSPS) is 20.5. The lowest BCUT2D eigenvalue weighted by Crippen LogP contribution is -2.51. The van der Waals surface area contributed by atoms with Gasteiger partial charge in [-0.1, -0.05) is 30.3 Å². The number of hydrogen-bond acceptors (Lipinski definition) is 7. The Morgan fingerprint density at radius 2 is 2.00 bits per heavy atom. The van der Waals surface area contributed by atoms with Crippen molar-refractivity contribution in [2.45, 2.75) is 31.2 Å². The lowest BCUT2D eigenvalue weighted by Gasteiger charge is -2.41. The third kappa shape index (κ3) is 4.10. The molecule has 8 heteroatoms. The summed E-state index contributed by atoms with van der Waals surface area (Å²) in [6.07, 6.45) is 0.423. The fourth-order valence-corrected chi connectivity index (χ4v) is 2.98. The average molecular weight is 382 g/mol. The Balaban J connectivity index is 1.68. The molecular weight excluding hydrogens is 364 g/mol. The summed E-state index contributed by atoms with van der Waals surface area (Å²) in [7, 11) is 1.19. The zero-order valence-electron chi connectivity index (χ0n) is 15.2. The molecule has 1 aliphatic carbocycles.